The van der Waals surface area contributed by atoms with Crippen molar-refractivity contribution < 1.29 is 4.39 Å². The van der Waals surface area contributed by atoms with Gasteiger partial charge in [-0.25, -0.2) is 5.26 Å². The Morgan fingerprint density at radius 2 is 1.82 bits per heavy atom. The monoisotopic (exact) mass is 170 g/mol. The highest BCUT2D eigenvalue weighted by molar-refractivity contribution is 6.76. The lowest BCUT2D eigenvalue weighted by molar-refractivity contribution is -0.765. The summed E-state index contributed by atoms with van der Waals surface area (Å²) in [6.07, 6.45) is 1.24. The SMILES string of the molecule is C[N+](C)([BH2-]C#N)C[Si](C)(C)C. The Bertz CT molecular complexity index is 166. The summed E-state index contributed by atoms with van der Waals surface area (Å²) in [6, 6.07) is 0. The van der Waals surface area contributed by atoms with Gasteiger partial charge in [-0.3, -0.25) is 0 Å². The molecule has 0 aliphatic rings. The zero-order valence-corrected chi connectivity index (χ0v) is 9.60. The lowest BCUT2D eigenvalue weighted by Gasteiger charge is -2.40. The van der Waals surface area contributed by atoms with Crippen molar-refractivity contribution in [2.24, 2.45) is 0 Å². The first-order chi connectivity index (χ1) is 4.77. The van der Waals surface area contributed by atoms with E-state index < -0.39 is 15.5 Å². The molecule has 0 bridgehead atoms. The Hall–Kier alpha value is -0.268. The van der Waals surface area contributed by atoms with Crippen LogP contribution in [-0.4, -0.2) is 40.1 Å². The molecule has 0 saturated heterocycles. The van der Waals surface area contributed by atoms with Gasteiger partial charge < -0.3 is 4.39 Å². The molecular formula is C7H19BN2Si. The molecule has 0 heterocycles. The fourth-order valence-corrected chi connectivity index (χ4v) is 4.78. The topological polar surface area (TPSA) is 23.8 Å². The van der Waals surface area contributed by atoms with E-state index in [1.807, 2.05) is 0 Å². The van der Waals surface area contributed by atoms with Crippen molar-refractivity contribution in [2.45, 2.75) is 19.6 Å². The van der Waals surface area contributed by atoms with Gasteiger partial charge in [-0.15, -0.1) is 0 Å². The minimum absolute atomic E-state index is 0.434. The van der Waals surface area contributed by atoms with Crippen LogP contribution in [0.5, 0.6) is 0 Å². The van der Waals surface area contributed by atoms with E-state index in [0.29, 0.717) is 0 Å². The van der Waals surface area contributed by atoms with Crippen molar-refractivity contribution in [3.8, 4) is 5.97 Å². The third-order valence-corrected chi connectivity index (χ3v) is 3.55. The van der Waals surface area contributed by atoms with Crippen LogP contribution < -0.4 is 0 Å². The Labute approximate surface area is 71.7 Å². The molecule has 0 spiro atoms. The molecule has 0 radical (unpaired) electrons. The molecule has 0 unspecified atom stereocenters. The Morgan fingerprint density at radius 1 is 1.36 bits per heavy atom. The van der Waals surface area contributed by atoms with Crippen molar-refractivity contribution in [2.75, 3.05) is 20.3 Å². The van der Waals surface area contributed by atoms with Crippen LogP contribution in [0.15, 0.2) is 0 Å². The number of rotatable bonds is 3. The summed E-state index contributed by atoms with van der Waals surface area (Å²) < 4.78 is 0.978. The Morgan fingerprint density at radius 3 is 2.09 bits per heavy atom. The van der Waals surface area contributed by atoms with E-state index >= 15 is 0 Å². The molecule has 2 nitrogen and oxygen atoms in total. The second-order valence-corrected chi connectivity index (χ2v) is 10.9. The first-order valence-corrected chi connectivity index (χ1v) is 7.94. The maximum absolute atomic E-state index is 8.60. The number of nitriles is 1. The molecule has 0 aromatic carbocycles. The maximum atomic E-state index is 8.60. The van der Waals surface area contributed by atoms with Crippen molar-refractivity contribution in [3.05, 3.63) is 0 Å². The highest BCUT2D eigenvalue weighted by atomic mass is 28.3. The van der Waals surface area contributed by atoms with Gasteiger partial charge in [-0.05, 0) is 0 Å². The minimum Gasteiger partial charge on any atom is -0.517 e. The molecule has 0 rings (SSSR count). The van der Waals surface area contributed by atoms with Gasteiger partial charge in [0.05, 0.1) is 0 Å². The van der Waals surface area contributed by atoms with Crippen LogP contribution in [0.2, 0.25) is 19.6 Å². The molecule has 0 aromatic rings. The van der Waals surface area contributed by atoms with E-state index in [1.54, 1.807) is 0 Å². The minimum atomic E-state index is -0.978. The molecule has 4 heteroatoms. The molecular weight excluding hydrogens is 151 g/mol. The predicted octanol–water partition coefficient (Wildman–Crippen LogP) is 0.505. The summed E-state index contributed by atoms with van der Waals surface area (Å²) in [4.78, 5) is 0. The molecule has 0 amide bonds. The smallest absolute Gasteiger partial charge is 0.281 e. The molecule has 0 aromatic heterocycles. The summed E-state index contributed by atoms with van der Waals surface area (Å²) in [6.45, 7) is 7.07. The molecule has 0 atom stereocenters. The number of nitrogens with zero attached hydrogens (tertiary/aromatic N) is 2. The molecule has 64 valence electrons. The van der Waals surface area contributed by atoms with Gasteiger partial charge in [-0.2, -0.15) is 0 Å². The highest BCUT2D eigenvalue weighted by Gasteiger charge is 2.21. The van der Waals surface area contributed by atoms with Gasteiger partial charge in [0.25, 0.3) is 7.41 Å². The first-order valence-electron chi connectivity index (χ1n) is 4.24. The third-order valence-electron chi connectivity index (χ3n) is 1.65. The second-order valence-electron chi connectivity index (χ2n) is 5.46. The van der Waals surface area contributed by atoms with E-state index in [0.717, 1.165) is 4.39 Å². The lowest BCUT2D eigenvalue weighted by atomic mass is 9.93. The molecule has 0 N–H and O–H groups in total. The van der Waals surface area contributed by atoms with Crippen LogP contribution in [0.25, 0.3) is 0 Å². The van der Waals surface area contributed by atoms with Crippen molar-refractivity contribution >= 4 is 15.5 Å². The molecule has 0 fully saturated rings. The fourth-order valence-electron chi connectivity index (χ4n) is 1.77. The normalized spacial score (nSPS) is 12.7. The predicted molar refractivity (Wildman–Crippen MR) is 54.5 cm³/mol. The second kappa shape index (κ2) is 3.42. The van der Waals surface area contributed by atoms with Gasteiger partial charge in [0.1, 0.15) is 8.07 Å². The van der Waals surface area contributed by atoms with E-state index in [-0.39, 0.29) is 0 Å². The van der Waals surface area contributed by atoms with E-state index in [2.05, 4.69) is 39.7 Å². The Kier molecular flexibility index (Phi) is 3.34. The fraction of sp³-hybridized carbons (Fsp3) is 0.857. The standard InChI is InChI=1S/C7H19BN2Si/c1-10(2,8-6-9)7-11(3,4)5/h7-8H2,1-5H3. The van der Waals surface area contributed by atoms with Gasteiger partial charge >= 0.3 is 0 Å². The summed E-state index contributed by atoms with van der Waals surface area (Å²) in [5.41, 5.74) is 0. The van der Waals surface area contributed by atoms with Crippen molar-refractivity contribution in [3.63, 3.8) is 0 Å². The van der Waals surface area contributed by atoms with Crippen LogP contribution in [0.4, 0.5) is 0 Å². The van der Waals surface area contributed by atoms with Gasteiger partial charge in [0, 0.05) is 20.3 Å². The number of quaternary nitrogens is 1. The number of hydrogen-bond donors (Lipinski definition) is 0. The maximum Gasteiger partial charge on any atom is 0.281 e. The van der Waals surface area contributed by atoms with Crippen LogP contribution in [0, 0.1) is 11.2 Å². The summed E-state index contributed by atoms with van der Waals surface area (Å²) in [7, 11) is 2.95. The van der Waals surface area contributed by atoms with Crippen LogP contribution in [0.1, 0.15) is 0 Å². The Balaban J connectivity index is 4.04. The third kappa shape index (κ3) is 6.14. The van der Waals surface area contributed by atoms with Crippen LogP contribution in [-0.2, 0) is 0 Å². The van der Waals surface area contributed by atoms with Gasteiger partial charge in [0.2, 0.25) is 0 Å². The summed E-state index contributed by atoms with van der Waals surface area (Å²) in [5, 5.41) is 8.60. The van der Waals surface area contributed by atoms with E-state index in [4.69, 9.17) is 5.26 Å². The van der Waals surface area contributed by atoms with Crippen molar-refractivity contribution in [1.82, 2.24) is 0 Å². The first kappa shape index (κ1) is 10.7. The average Bonchev–Trinajstić information content (AvgIpc) is 1.55. The van der Waals surface area contributed by atoms with Gasteiger partial charge in [-0.1, -0.05) is 25.6 Å². The zero-order valence-electron chi connectivity index (χ0n) is 8.60. The molecule has 11 heavy (non-hydrogen) atoms. The highest BCUT2D eigenvalue weighted by Crippen LogP contribution is 2.06. The summed E-state index contributed by atoms with van der Waals surface area (Å²) in [5.74, 6) is 2.35. The van der Waals surface area contributed by atoms with Crippen molar-refractivity contribution in [1.29, 1.82) is 5.26 Å². The number of hydrogen-bond acceptors (Lipinski definition) is 1. The van der Waals surface area contributed by atoms with E-state index in [9.17, 15) is 0 Å². The van der Waals surface area contributed by atoms with Gasteiger partial charge in [0.15, 0.2) is 0 Å². The lowest BCUT2D eigenvalue weighted by Crippen LogP contribution is -2.52. The molecule has 0 saturated carbocycles. The summed E-state index contributed by atoms with van der Waals surface area (Å²) >= 11 is 0. The zero-order chi connectivity index (χ0) is 9.12. The van der Waals surface area contributed by atoms with E-state index in [1.165, 1.54) is 6.17 Å². The largest absolute Gasteiger partial charge is 0.517 e. The average molecular weight is 170 g/mol. The quantitative estimate of drug-likeness (QED) is 0.566. The molecule has 0 aliphatic heterocycles. The van der Waals surface area contributed by atoms with Crippen LogP contribution >= 0.6 is 0 Å². The van der Waals surface area contributed by atoms with Crippen LogP contribution in [0.3, 0.4) is 0 Å². The molecule has 0 aliphatic carbocycles.